The molecule has 2 rings (SSSR count). The monoisotopic (exact) mass is 292 g/mol. The number of nitrogens with one attached hydrogen (secondary N) is 1. The number of hydrogen-bond acceptors (Lipinski definition) is 3. The summed E-state index contributed by atoms with van der Waals surface area (Å²) in [7, 11) is 0. The highest BCUT2D eigenvalue weighted by Gasteiger charge is 2.22. The summed E-state index contributed by atoms with van der Waals surface area (Å²) in [6.45, 7) is 3.62. The van der Waals surface area contributed by atoms with E-state index in [9.17, 15) is 9.59 Å². The Kier molecular flexibility index (Phi) is 5.03. The molecule has 2 amide bonds. The molecule has 1 aromatic heterocycles. The summed E-state index contributed by atoms with van der Waals surface area (Å²) in [6.07, 6.45) is 2.95. The van der Waals surface area contributed by atoms with Crippen molar-refractivity contribution in [3.63, 3.8) is 0 Å². The van der Waals surface area contributed by atoms with Crippen LogP contribution in [0.15, 0.2) is 28.4 Å². The molecular weight excluding hydrogens is 272 g/mol. The molecule has 0 saturated carbocycles. The van der Waals surface area contributed by atoms with Crippen LogP contribution in [-0.4, -0.2) is 41.6 Å². The van der Waals surface area contributed by atoms with Crippen molar-refractivity contribution in [2.24, 2.45) is 0 Å². The van der Waals surface area contributed by atoms with E-state index in [4.69, 9.17) is 9.52 Å². The molecule has 0 bridgehead atoms. The summed E-state index contributed by atoms with van der Waals surface area (Å²) in [5, 5.41) is 11.3. The number of carbonyl (C=O) groups is 2. The molecule has 0 radical (unpaired) electrons. The highest BCUT2D eigenvalue weighted by molar-refractivity contribution is 5.79. The van der Waals surface area contributed by atoms with Gasteiger partial charge in [-0.05, 0) is 31.9 Å². The third kappa shape index (κ3) is 4.11. The van der Waals surface area contributed by atoms with E-state index in [1.54, 1.807) is 11.2 Å². The number of urea groups is 1. The SMILES string of the molecule is CC1=C(c2ccco2)CN(C(=O)NCCCC(=O)O)CC1. The number of hydrogen-bond donors (Lipinski definition) is 2. The van der Waals surface area contributed by atoms with Crippen molar-refractivity contribution in [3.8, 4) is 0 Å². The standard InChI is InChI=1S/C15H20N2O4/c1-11-6-8-17(10-12(11)13-4-3-9-21-13)15(20)16-7-2-5-14(18)19/h3-4,9H,2,5-8,10H2,1H3,(H,16,20)(H,18,19). The maximum Gasteiger partial charge on any atom is 0.317 e. The number of nitrogens with zero attached hydrogens (tertiary/aromatic N) is 1. The summed E-state index contributed by atoms with van der Waals surface area (Å²) < 4.78 is 5.41. The van der Waals surface area contributed by atoms with Gasteiger partial charge in [0.15, 0.2) is 0 Å². The summed E-state index contributed by atoms with van der Waals surface area (Å²) in [6, 6.07) is 3.57. The molecule has 0 aliphatic carbocycles. The zero-order valence-electron chi connectivity index (χ0n) is 12.1. The van der Waals surface area contributed by atoms with Crippen LogP contribution in [0, 0.1) is 0 Å². The highest BCUT2D eigenvalue weighted by Crippen LogP contribution is 2.26. The van der Waals surface area contributed by atoms with Crippen LogP contribution in [0.3, 0.4) is 0 Å². The number of carbonyl (C=O) groups excluding carboxylic acids is 1. The van der Waals surface area contributed by atoms with Crippen molar-refractivity contribution < 1.29 is 19.1 Å². The summed E-state index contributed by atoms with van der Waals surface area (Å²) in [5.41, 5.74) is 2.28. The molecule has 1 aromatic rings. The fourth-order valence-corrected chi connectivity index (χ4v) is 2.32. The number of aliphatic carboxylic acids is 1. The molecule has 6 nitrogen and oxygen atoms in total. The van der Waals surface area contributed by atoms with E-state index in [2.05, 4.69) is 12.2 Å². The maximum absolute atomic E-state index is 12.1. The van der Waals surface area contributed by atoms with Crippen LogP contribution in [0.5, 0.6) is 0 Å². The first kappa shape index (κ1) is 15.2. The lowest BCUT2D eigenvalue weighted by atomic mass is 10.00. The molecular formula is C15H20N2O4. The summed E-state index contributed by atoms with van der Waals surface area (Å²) >= 11 is 0. The Morgan fingerprint density at radius 2 is 2.29 bits per heavy atom. The molecule has 1 aliphatic rings. The second kappa shape index (κ2) is 6.97. The third-order valence-corrected chi connectivity index (χ3v) is 3.57. The lowest BCUT2D eigenvalue weighted by molar-refractivity contribution is -0.137. The first-order valence-corrected chi connectivity index (χ1v) is 7.05. The van der Waals surface area contributed by atoms with Gasteiger partial charge in [-0.2, -0.15) is 0 Å². The van der Waals surface area contributed by atoms with Crippen LogP contribution in [0.2, 0.25) is 0 Å². The molecule has 0 saturated heterocycles. The lowest BCUT2D eigenvalue weighted by Gasteiger charge is -2.29. The second-order valence-electron chi connectivity index (χ2n) is 5.14. The maximum atomic E-state index is 12.1. The Morgan fingerprint density at radius 3 is 2.95 bits per heavy atom. The molecule has 0 spiro atoms. The molecule has 6 heteroatoms. The number of furan rings is 1. The van der Waals surface area contributed by atoms with Crippen LogP contribution in [0.4, 0.5) is 4.79 Å². The minimum absolute atomic E-state index is 0.0664. The first-order valence-electron chi connectivity index (χ1n) is 7.05. The van der Waals surface area contributed by atoms with E-state index in [-0.39, 0.29) is 12.5 Å². The van der Waals surface area contributed by atoms with Gasteiger partial charge in [-0.3, -0.25) is 4.79 Å². The minimum atomic E-state index is -0.846. The zero-order valence-corrected chi connectivity index (χ0v) is 12.1. The van der Waals surface area contributed by atoms with E-state index in [1.807, 2.05) is 12.1 Å². The Morgan fingerprint density at radius 1 is 1.48 bits per heavy atom. The number of carboxylic acids is 1. The third-order valence-electron chi connectivity index (χ3n) is 3.57. The smallest absolute Gasteiger partial charge is 0.317 e. The van der Waals surface area contributed by atoms with Gasteiger partial charge in [-0.25, -0.2) is 4.79 Å². The normalized spacial score (nSPS) is 15.2. The molecule has 2 N–H and O–H groups in total. The highest BCUT2D eigenvalue weighted by atomic mass is 16.4. The van der Waals surface area contributed by atoms with E-state index >= 15 is 0 Å². The second-order valence-corrected chi connectivity index (χ2v) is 5.14. The Bertz CT molecular complexity index is 534. The van der Waals surface area contributed by atoms with E-state index < -0.39 is 5.97 Å². The average Bonchev–Trinajstić information content (AvgIpc) is 2.97. The van der Waals surface area contributed by atoms with Gasteiger partial charge < -0.3 is 19.7 Å². The van der Waals surface area contributed by atoms with Gasteiger partial charge in [0, 0.05) is 25.1 Å². The predicted octanol–water partition coefficient (Wildman–Crippen LogP) is 2.33. The van der Waals surface area contributed by atoms with Crippen LogP contribution in [-0.2, 0) is 4.79 Å². The van der Waals surface area contributed by atoms with Gasteiger partial charge in [0.05, 0.1) is 12.8 Å². The zero-order chi connectivity index (χ0) is 15.2. The Labute approximate surface area is 123 Å². The van der Waals surface area contributed by atoms with Gasteiger partial charge >= 0.3 is 12.0 Å². The van der Waals surface area contributed by atoms with Crippen molar-refractivity contribution in [3.05, 3.63) is 29.7 Å². The molecule has 21 heavy (non-hydrogen) atoms. The van der Waals surface area contributed by atoms with Crippen molar-refractivity contribution in [1.29, 1.82) is 0 Å². The van der Waals surface area contributed by atoms with Gasteiger partial charge in [0.1, 0.15) is 5.76 Å². The van der Waals surface area contributed by atoms with Crippen LogP contribution in [0.1, 0.15) is 31.9 Å². The number of amides is 2. The van der Waals surface area contributed by atoms with Crippen molar-refractivity contribution in [2.45, 2.75) is 26.2 Å². The van der Waals surface area contributed by atoms with Crippen LogP contribution >= 0.6 is 0 Å². The molecule has 1 aliphatic heterocycles. The Balaban J connectivity index is 1.88. The van der Waals surface area contributed by atoms with E-state index in [0.717, 1.165) is 17.8 Å². The van der Waals surface area contributed by atoms with Gasteiger partial charge in [-0.1, -0.05) is 5.57 Å². The van der Waals surface area contributed by atoms with Crippen LogP contribution in [0.25, 0.3) is 5.57 Å². The van der Waals surface area contributed by atoms with E-state index in [0.29, 0.717) is 26.1 Å². The number of rotatable bonds is 5. The molecule has 0 atom stereocenters. The van der Waals surface area contributed by atoms with Crippen molar-refractivity contribution in [2.75, 3.05) is 19.6 Å². The fourth-order valence-electron chi connectivity index (χ4n) is 2.32. The fraction of sp³-hybridized carbons (Fsp3) is 0.467. The molecule has 0 aromatic carbocycles. The molecule has 0 fully saturated rings. The molecule has 114 valence electrons. The summed E-state index contributed by atoms with van der Waals surface area (Å²) in [4.78, 5) is 24.2. The van der Waals surface area contributed by atoms with E-state index in [1.165, 1.54) is 5.57 Å². The summed E-state index contributed by atoms with van der Waals surface area (Å²) in [5.74, 6) is -0.0447. The van der Waals surface area contributed by atoms with Crippen LogP contribution < -0.4 is 5.32 Å². The lowest BCUT2D eigenvalue weighted by Crippen LogP contribution is -2.43. The van der Waals surface area contributed by atoms with Gasteiger partial charge in [-0.15, -0.1) is 0 Å². The quantitative estimate of drug-likeness (QED) is 0.816. The molecule has 0 unspecified atom stereocenters. The van der Waals surface area contributed by atoms with Gasteiger partial charge in [0.2, 0.25) is 0 Å². The average molecular weight is 292 g/mol. The molecule has 2 heterocycles. The van der Waals surface area contributed by atoms with Crippen molar-refractivity contribution >= 4 is 17.6 Å². The minimum Gasteiger partial charge on any atom is -0.481 e. The van der Waals surface area contributed by atoms with Crippen molar-refractivity contribution in [1.82, 2.24) is 10.2 Å². The first-order chi connectivity index (χ1) is 10.1. The van der Waals surface area contributed by atoms with Gasteiger partial charge in [0.25, 0.3) is 0 Å². The largest absolute Gasteiger partial charge is 0.481 e. The topological polar surface area (TPSA) is 82.8 Å². The Hall–Kier alpha value is -2.24. The predicted molar refractivity (Wildman–Crippen MR) is 77.8 cm³/mol. The number of carboxylic acid groups (broad SMARTS) is 1.